The van der Waals surface area contributed by atoms with Gasteiger partial charge in [0.05, 0.1) is 10.6 Å². The number of primary sulfonamides is 1. The van der Waals surface area contributed by atoms with Gasteiger partial charge in [0.15, 0.2) is 0 Å². The average Bonchev–Trinajstić information content (AvgIpc) is 3.43. The van der Waals surface area contributed by atoms with Gasteiger partial charge < -0.3 is 10.6 Å². The highest BCUT2D eigenvalue weighted by atomic mass is 35.5. The van der Waals surface area contributed by atoms with Gasteiger partial charge in [0.25, 0.3) is 5.91 Å². The predicted molar refractivity (Wildman–Crippen MR) is 140 cm³/mol. The van der Waals surface area contributed by atoms with Crippen molar-refractivity contribution in [3.63, 3.8) is 0 Å². The van der Waals surface area contributed by atoms with E-state index in [1.165, 1.54) is 35.3 Å². The zero-order valence-corrected chi connectivity index (χ0v) is 21.6. The van der Waals surface area contributed by atoms with Crippen molar-refractivity contribution >= 4 is 33.4 Å². The minimum Gasteiger partial charge on any atom is -0.354 e. The third kappa shape index (κ3) is 7.00. The molecular weight excluding hydrogens is 530 g/mol. The van der Waals surface area contributed by atoms with E-state index in [1.807, 2.05) is 30.3 Å². The number of hydrogen-bond donors (Lipinski definition) is 3. The molecule has 0 radical (unpaired) electrons. The van der Waals surface area contributed by atoms with Gasteiger partial charge in [0.2, 0.25) is 15.9 Å². The molecule has 4 rings (SSSR count). The highest BCUT2D eigenvalue weighted by molar-refractivity contribution is 7.89. The number of aromatic nitrogens is 4. The second-order valence-electron chi connectivity index (χ2n) is 8.36. The number of nitrogens with zero attached hydrogens (tertiary/aromatic N) is 4. The average molecular weight is 554 g/mol. The fourth-order valence-electron chi connectivity index (χ4n) is 3.81. The Morgan fingerprint density at radius 3 is 2.53 bits per heavy atom. The molecule has 4 aromatic rings. The number of nitrogens with two attached hydrogens (primary N) is 1. The zero-order chi connectivity index (χ0) is 27.1. The molecule has 1 atom stereocenters. The van der Waals surface area contributed by atoms with Crippen LogP contribution in [-0.4, -0.2) is 53.0 Å². The second kappa shape index (κ2) is 11.9. The third-order valence-electron chi connectivity index (χ3n) is 5.66. The zero-order valence-electron chi connectivity index (χ0n) is 20.0. The van der Waals surface area contributed by atoms with Crippen molar-refractivity contribution in [3.05, 3.63) is 101 Å². The Morgan fingerprint density at radius 1 is 1.03 bits per heavy atom. The summed E-state index contributed by atoms with van der Waals surface area (Å²) in [7, 11) is -4.00. The molecule has 11 nitrogen and oxygen atoms in total. The first-order valence-electron chi connectivity index (χ1n) is 11.5. The second-order valence-corrected chi connectivity index (χ2v) is 10.4. The quantitative estimate of drug-likeness (QED) is 0.269. The minimum absolute atomic E-state index is 0.0624. The molecule has 38 heavy (non-hydrogen) atoms. The Kier molecular flexibility index (Phi) is 8.46. The summed E-state index contributed by atoms with van der Waals surface area (Å²) in [5.74, 6) is -1.02. The van der Waals surface area contributed by atoms with Crippen molar-refractivity contribution in [2.24, 2.45) is 5.14 Å². The first-order chi connectivity index (χ1) is 18.2. The summed E-state index contributed by atoms with van der Waals surface area (Å²) in [6.07, 6.45) is 2.10. The number of rotatable bonds is 10. The van der Waals surface area contributed by atoms with Crippen molar-refractivity contribution in [2.45, 2.75) is 23.8 Å². The van der Waals surface area contributed by atoms with Crippen molar-refractivity contribution in [3.8, 4) is 5.69 Å². The topological polar surface area (TPSA) is 162 Å². The SMILES string of the molecule is NS(=O)(=O)c1cccc(C(=O)N[C@@H](Cc2ccccc2)C(=O)NCCc2cc(Cl)ccc2-n2cnnn2)c1. The lowest BCUT2D eigenvalue weighted by Gasteiger charge is -2.19. The third-order valence-corrected chi connectivity index (χ3v) is 6.81. The largest absolute Gasteiger partial charge is 0.354 e. The Balaban J connectivity index is 1.48. The molecule has 0 aliphatic heterocycles. The van der Waals surface area contributed by atoms with Crippen LogP contribution in [-0.2, 0) is 27.7 Å². The summed E-state index contributed by atoms with van der Waals surface area (Å²) < 4.78 is 24.9. The lowest BCUT2D eigenvalue weighted by molar-refractivity contribution is -0.122. The molecule has 1 heterocycles. The summed E-state index contributed by atoms with van der Waals surface area (Å²) in [4.78, 5) is 26.0. The molecule has 3 aromatic carbocycles. The van der Waals surface area contributed by atoms with Crippen molar-refractivity contribution in [2.75, 3.05) is 6.54 Å². The first kappa shape index (κ1) is 26.9. The van der Waals surface area contributed by atoms with Crippen LogP contribution in [0.3, 0.4) is 0 Å². The Hall–Kier alpha value is -4.13. The molecule has 0 saturated heterocycles. The maximum atomic E-state index is 13.2. The smallest absolute Gasteiger partial charge is 0.251 e. The van der Waals surface area contributed by atoms with E-state index < -0.39 is 27.9 Å². The van der Waals surface area contributed by atoms with Crippen LogP contribution in [0.4, 0.5) is 0 Å². The molecular formula is C25H24ClN7O4S. The van der Waals surface area contributed by atoms with Crippen LogP contribution in [0.25, 0.3) is 5.69 Å². The van der Waals surface area contributed by atoms with Crippen LogP contribution in [0, 0.1) is 0 Å². The first-order valence-corrected chi connectivity index (χ1v) is 13.4. The van der Waals surface area contributed by atoms with Gasteiger partial charge in [-0.25, -0.2) is 18.2 Å². The molecule has 0 spiro atoms. The minimum atomic E-state index is -4.00. The summed E-state index contributed by atoms with van der Waals surface area (Å²) >= 11 is 6.17. The van der Waals surface area contributed by atoms with Gasteiger partial charge in [-0.15, -0.1) is 5.10 Å². The number of nitrogens with one attached hydrogen (secondary N) is 2. The van der Waals surface area contributed by atoms with Crippen LogP contribution in [0.1, 0.15) is 21.5 Å². The van der Waals surface area contributed by atoms with Crippen molar-refractivity contribution < 1.29 is 18.0 Å². The van der Waals surface area contributed by atoms with Crippen LogP contribution in [0.5, 0.6) is 0 Å². The van der Waals surface area contributed by atoms with E-state index in [1.54, 1.807) is 18.2 Å². The lowest BCUT2D eigenvalue weighted by Crippen LogP contribution is -2.48. The lowest BCUT2D eigenvalue weighted by atomic mass is 10.0. The molecule has 0 saturated carbocycles. The molecule has 0 bridgehead atoms. The predicted octanol–water partition coefficient (Wildman–Crippen LogP) is 1.66. The summed E-state index contributed by atoms with van der Waals surface area (Å²) in [5, 5.41) is 22.5. The number of sulfonamides is 1. The van der Waals surface area contributed by atoms with Gasteiger partial charge in [0.1, 0.15) is 12.4 Å². The fourth-order valence-corrected chi connectivity index (χ4v) is 4.56. The Morgan fingerprint density at radius 2 is 1.82 bits per heavy atom. The maximum absolute atomic E-state index is 13.2. The number of amides is 2. The fraction of sp³-hybridized carbons (Fsp3) is 0.160. The van der Waals surface area contributed by atoms with Crippen molar-refractivity contribution in [1.29, 1.82) is 0 Å². The van der Waals surface area contributed by atoms with Crippen LogP contribution in [0.2, 0.25) is 5.02 Å². The van der Waals surface area contributed by atoms with Crippen molar-refractivity contribution in [1.82, 2.24) is 30.8 Å². The number of carbonyl (C=O) groups is 2. The van der Waals surface area contributed by atoms with E-state index in [0.717, 1.165) is 16.8 Å². The van der Waals surface area contributed by atoms with E-state index in [0.29, 0.717) is 11.4 Å². The van der Waals surface area contributed by atoms with Crippen LogP contribution < -0.4 is 15.8 Å². The van der Waals surface area contributed by atoms with Crippen LogP contribution >= 0.6 is 11.6 Å². The van der Waals surface area contributed by atoms with Gasteiger partial charge in [-0.2, -0.15) is 0 Å². The molecule has 1 aromatic heterocycles. The molecule has 0 aliphatic carbocycles. The summed E-state index contributed by atoms with van der Waals surface area (Å²) in [6, 6.07) is 18.9. The van der Waals surface area contributed by atoms with Gasteiger partial charge in [-0.05, 0) is 64.4 Å². The number of carbonyl (C=O) groups excluding carboxylic acids is 2. The van der Waals surface area contributed by atoms with E-state index in [-0.39, 0.29) is 23.4 Å². The summed E-state index contributed by atoms with van der Waals surface area (Å²) in [5.41, 5.74) is 2.43. The molecule has 0 aliphatic rings. The number of benzene rings is 3. The molecule has 2 amide bonds. The van der Waals surface area contributed by atoms with E-state index in [4.69, 9.17) is 16.7 Å². The molecule has 0 fully saturated rings. The molecule has 4 N–H and O–H groups in total. The monoisotopic (exact) mass is 553 g/mol. The van der Waals surface area contributed by atoms with Gasteiger partial charge in [-0.1, -0.05) is 48.0 Å². The highest BCUT2D eigenvalue weighted by Gasteiger charge is 2.23. The van der Waals surface area contributed by atoms with Crippen LogP contribution in [0.15, 0.2) is 84.0 Å². The van der Waals surface area contributed by atoms with E-state index in [9.17, 15) is 18.0 Å². The molecule has 13 heteroatoms. The number of hydrogen-bond acceptors (Lipinski definition) is 7. The van der Waals surface area contributed by atoms with E-state index in [2.05, 4.69) is 26.2 Å². The van der Waals surface area contributed by atoms with E-state index >= 15 is 0 Å². The Labute approximate surface area is 224 Å². The Bertz CT molecular complexity index is 1530. The van der Waals surface area contributed by atoms with Gasteiger partial charge in [-0.3, -0.25) is 9.59 Å². The normalized spacial score (nSPS) is 12.1. The number of tetrazole rings is 1. The number of halogens is 1. The van der Waals surface area contributed by atoms with Gasteiger partial charge >= 0.3 is 0 Å². The molecule has 0 unspecified atom stereocenters. The standard InChI is InChI=1S/C25H24ClN7O4S/c26-20-9-10-23(33-16-29-31-32-33)18(14-20)11-12-28-25(35)22(13-17-5-2-1-3-6-17)30-24(34)19-7-4-8-21(15-19)38(27,36)37/h1-10,14-16,22H,11-13H2,(H,28,35)(H,30,34)(H2,27,36,37)/t22-/m0/s1. The maximum Gasteiger partial charge on any atom is 0.251 e. The molecule has 196 valence electrons. The summed E-state index contributed by atoms with van der Waals surface area (Å²) in [6.45, 7) is 0.246. The highest BCUT2D eigenvalue weighted by Crippen LogP contribution is 2.19. The van der Waals surface area contributed by atoms with Gasteiger partial charge in [0, 0.05) is 23.6 Å².